The molecule has 1 aliphatic heterocycles. The molecule has 5 heteroatoms. The molecule has 1 fully saturated rings. The number of hydrogen-bond acceptors (Lipinski definition) is 4. The number of nitrogens with zero attached hydrogens (tertiary/aromatic N) is 1. The number of aliphatic imine (C=N–C) groups is 1. The Balaban J connectivity index is 1.83. The maximum atomic E-state index is 12.7. The summed E-state index contributed by atoms with van der Waals surface area (Å²) in [5, 5.41) is 2.88. The molecular weight excluding hydrogens is 292 g/mol. The lowest BCUT2D eigenvalue weighted by Crippen LogP contribution is -2.34. The van der Waals surface area contributed by atoms with E-state index in [0.717, 1.165) is 24.2 Å². The molecule has 0 unspecified atom stereocenters. The van der Waals surface area contributed by atoms with Crippen LogP contribution in [0.4, 0.5) is 0 Å². The summed E-state index contributed by atoms with van der Waals surface area (Å²) in [6.45, 7) is 6.54. The first-order valence-electron chi connectivity index (χ1n) is 7.72. The number of carbonyl (C=O) groups is 1. The highest BCUT2D eigenvalue weighted by atomic mass is 16.6. The average Bonchev–Trinajstić information content (AvgIpc) is 3.37. The third-order valence-corrected chi connectivity index (χ3v) is 4.06. The molecule has 1 aliphatic carbocycles. The fourth-order valence-corrected chi connectivity index (χ4v) is 2.72. The van der Waals surface area contributed by atoms with Gasteiger partial charge in [0.2, 0.25) is 5.91 Å². The number of amides is 1. The van der Waals surface area contributed by atoms with Gasteiger partial charge >= 0.3 is 0 Å². The Bertz CT molecular complexity index is 688. The zero-order chi connectivity index (χ0) is 16.3. The van der Waals surface area contributed by atoms with Crippen molar-refractivity contribution in [1.82, 2.24) is 5.32 Å². The number of allylic oxidation sites excluding steroid dienone is 2. The van der Waals surface area contributed by atoms with Crippen LogP contribution in [0.15, 0.2) is 47.7 Å². The molecule has 2 aliphatic rings. The lowest BCUT2D eigenvalue weighted by atomic mass is 9.94. The molecule has 23 heavy (non-hydrogen) atoms. The molecule has 0 radical (unpaired) electrons. The second-order valence-electron chi connectivity index (χ2n) is 5.57. The Morgan fingerprint density at radius 1 is 1.30 bits per heavy atom. The van der Waals surface area contributed by atoms with Crippen LogP contribution >= 0.6 is 0 Å². The number of rotatable bonds is 5. The third-order valence-electron chi connectivity index (χ3n) is 4.06. The minimum Gasteiger partial charge on any atom is -0.486 e. The molecule has 3 rings (SSSR count). The number of fused-ring (bicyclic) bond motifs is 1. The number of hydrogen-bond donors (Lipinski definition) is 1. The first kappa shape index (κ1) is 15.3. The summed E-state index contributed by atoms with van der Waals surface area (Å²) in [5.41, 5.74) is 0.456. The summed E-state index contributed by atoms with van der Waals surface area (Å²) in [4.78, 5) is 16.9. The van der Waals surface area contributed by atoms with E-state index in [1.807, 2.05) is 18.2 Å². The Morgan fingerprint density at radius 2 is 2.04 bits per heavy atom. The highest BCUT2D eigenvalue weighted by Gasteiger charge is 2.51. The topological polar surface area (TPSA) is 59.9 Å². The summed E-state index contributed by atoms with van der Waals surface area (Å²) >= 11 is 0. The zero-order valence-electron chi connectivity index (χ0n) is 13.2. The molecule has 1 aromatic carbocycles. The quantitative estimate of drug-likeness (QED) is 0.672. The molecule has 0 atom stereocenters. The van der Waals surface area contributed by atoms with E-state index in [2.05, 4.69) is 16.9 Å². The number of benzene rings is 1. The van der Waals surface area contributed by atoms with Gasteiger partial charge in [-0.3, -0.25) is 4.79 Å². The van der Waals surface area contributed by atoms with E-state index in [0.29, 0.717) is 24.8 Å². The van der Waals surface area contributed by atoms with Crippen LogP contribution in [0.3, 0.4) is 0 Å². The maximum absolute atomic E-state index is 12.7. The van der Waals surface area contributed by atoms with E-state index in [4.69, 9.17) is 9.47 Å². The lowest BCUT2D eigenvalue weighted by Gasteiger charge is -2.21. The van der Waals surface area contributed by atoms with Crippen LogP contribution in [0.5, 0.6) is 11.5 Å². The van der Waals surface area contributed by atoms with Gasteiger partial charge in [0.25, 0.3) is 0 Å². The molecule has 1 N–H and O–H groups in total. The highest BCUT2D eigenvalue weighted by molar-refractivity contribution is 5.92. The molecule has 1 saturated carbocycles. The molecule has 0 bridgehead atoms. The molecule has 1 heterocycles. The van der Waals surface area contributed by atoms with E-state index < -0.39 is 5.41 Å². The van der Waals surface area contributed by atoms with Gasteiger partial charge in [-0.15, -0.1) is 0 Å². The van der Waals surface area contributed by atoms with Crippen molar-refractivity contribution < 1.29 is 14.3 Å². The van der Waals surface area contributed by atoms with Crippen molar-refractivity contribution in [1.29, 1.82) is 0 Å². The van der Waals surface area contributed by atoms with Crippen LogP contribution < -0.4 is 14.8 Å². The minimum absolute atomic E-state index is 0.0483. The van der Waals surface area contributed by atoms with Crippen molar-refractivity contribution >= 4 is 12.1 Å². The van der Waals surface area contributed by atoms with Crippen LogP contribution in [0, 0.1) is 0 Å². The predicted molar refractivity (Wildman–Crippen MR) is 88.9 cm³/mol. The van der Waals surface area contributed by atoms with Crippen molar-refractivity contribution in [3.63, 3.8) is 0 Å². The summed E-state index contributed by atoms with van der Waals surface area (Å²) < 4.78 is 11.2. The van der Waals surface area contributed by atoms with Crippen LogP contribution in [0.2, 0.25) is 0 Å². The van der Waals surface area contributed by atoms with Crippen molar-refractivity contribution in [3.8, 4) is 11.5 Å². The van der Waals surface area contributed by atoms with E-state index in [1.165, 1.54) is 0 Å². The summed E-state index contributed by atoms with van der Waals surface area (Å²) in [5.74, 6) is 1.89. The van der Waals surface area contributed by atoms with Crippen LogP contribution in [0.25, 0.3) is 0 Å². The SMILES string of the molecule is C=C/C=C(\N=C/C)NC(=O)C1(c2ccc3c(c2)OCCO3)CC1. The Hall–Kier alpha value is -2.56. The van der Waals surface area contributed by atoms with Gasteiger partial charge in [-0.1, -0.05) is 18.7 Å². The van der Waals surface area contributed by atoms with Crippen LogP contribution in [-0.4, -0.2) is 25.3 Å². The van der Waals surface area contributed by atoms with Crippen LogP contribution in [0.1, 0.15) is 25.3 Å². The number of carbonyl (C=O) groups excluding carboxylic acids is 1. The molecule has 5 nitrogen and oxygen atoms in total. The molecule has 1 aromatic rings. The van der Waals surface area contributed by atoms with E-state index in [1.54, 1.807) is 25.3 Å². The third kappa shape index (κ3) is 2.99. The van der Waals surface area contributed by atoms with Gasteiger partial charge in [-0.2, -0.15) is 0 Å². The van der Waals surface area contributed by atoms with Crippen LogP contribution in [-0.2, 0) is 10.2 Å². The minimum atomic E-state index is -0.501. The Morgan fingerprint density at radius 3 is 2.70 bits per heavy atom. The second kappa shape index (κ2) is 6.28. The Kier molecular flexibility index (Phi) is 4.19. The maximum Gasteiger partial charge on any atom is 0.236 e. The monoisotopic (exact) mass is 312 g/mol. The van der Waals surface area contributed by atoms with Gasteiger partial charge in [-0.05, 0) is 43.5 Å². The summed E-state index contributed by atoms with van der Waals surface area (Å²) in [6.07, 6.45) is 6.55. The van der Waals surface area contributed by atoms with Gasteiger partial charge in [-0.25, -0.2) is 4.99 Å². The predicted octanol–water partition coefficient (Wildman–Crippen LogP) is 2.72. The van der Waals surface area contributed by atoms with Gasteiger partial charge in [0.15, 0.2) is 11.5 Å². The normalized spacial score (nSPS) is 18.6. The molecule has 0 aromatic heterocycles. The van der Waals surface area contributed by atoms with E-state index in [-0.39, 0.29) is 5.91 Å². The van der Waals surface area contributed by atoms with E-state index in [9.17, 15) is 4.79 Å². The van der Waals surface area contributed by atoms with Crippen molar-refractivity contribution in [2.24, 2.45) is 4.99 Å². The lowest BCUT2D eigenvalue weighted by molar-refractivity contribution is -0.122. The largest absolute Gasteiger partial charge is 0.486 e. The Labute approximate surface area is 135 Å². The molecule has 120 valence electrons. The van der Waals surface area contributed by atoms with Gasteiger partial charge in [0.05, 0.1) is 5.41 Å². The molecule has 1 amide bonds. The molecular formula is C18H20N2O3. The fourth-order valence-electron chi connectivity index (χ4n) is 2.72. The van der Waals surface area contributed by atoms with Crippen molar-refractivity contribution in [2.45, 2.75) is 25.2 Å². The molecule has 0 spiro atoms. The summed E-state index contributed by atoms with van der Waals surface area (Å²) in [7, 11) is 0. The highest BCUT2D eigenvalue weighted by Crippen LogP contribution is 2.50. The van der Waals surface area contributed by atoms with Gasteiger partial charge in [0, 0.05) is 6.21 Å². The first-order valence-corrected chi connectivity index (χ1v) is 7.72. The van der Waals surface area contributed by atoms with Crippen molar-refractivity contribution in [3.05, 3.63) is 48.3 Å². The first-order chi connectivity index (χ1) is 11.2. The average molecular weight is 312 g/mol. The zero-order valence-corrected chi connectivity index (χ0v) is 13.2. The number of nitrogens with one attached hydrogen (secondary N) is 1. The van der Waals surface area contributed by atoms with Crippen molar-refractivity contribution in [2.75, 3.05) is 13.2 Å². The summed E-state index contributed by atoms with van der Waals surface area (Å²) in [6, 6.07) is 5.74. The molecule has 0 saturated heterocycles. The van der Waals surface area contributed by atoms with E-state index >= 15 is 0 Å². The fraction of sp³-hybridized carbons (Fsp3) is 0.333. The smallest absolute Gasteiger partial charge is 0.236 e. The number of ether oxygens (including phenoxy) is 2. The second-order valence-corrected chi connectivity index (χ2v) is 5.57. The van der Waals surface area contributed by atoms with Gasteiger partial charge < -0.3 is 14.8 Å². The van der Waals surface area contributed by atoms with Gasteiger partial charge in [0.1, 0.15) is 19.0 Å². The standard InChI is InChI=1S/C18H20N2O3/c1-3-5-16(19-4-2)20-17(21)18(8-9-18)13-6-7-14-15(12-13)23-11-10-22-14/h3-7,12H,1,8-11H2,2H3,(H,20,21)/b16-5+,19-4-.